The molecule has 0 bridgehead atoms. The minimum atomic E-state index is -2.56. The average molecular weight is 380 g/mol. The molecule has 4 nitrogen and oxygen atoms in total. The summed E-state index contributed by atoms with van der Waals surface area (Å²) in [4.78, 5) is 12.7. The zero-order chi connectivity index (χ0) is 19.1. The summed E-state index contributed by atoms with van der Waals surface area (Å²) in [6, 6.07) is 9.70. The molecule has 26 heavy (non-hydrogen) atoms. The number of allylic oxidation sites excluding steroid dienone is 1. The number of hydrogen-bond acceptors (Lipinski definition) is 5. The van der Waals surface area contributed by atoms with Gasteiger partial charge in [-0.1, -0.05) is 23.9 Å². The zero-order valence-corrected chi connectivity index (χ0v) is 15.3. The number of hydrogen-bond donors (Lipinski definition) is 0. The highest BCUT2D eigenvalue weighted by Gasteiger charge is 2.13. The molecule has 0 heterocycles. The summed E-state index contributed by atoms with van der Waals surface area (Å²) in [5.41, 5.74) is 1.01. The van der Waals surface area contributed by atoms with Crippen molar-refractivity contribution < 1.29 is 27.8 Å². The maximum absolute atomic E-state index is 12.5. The van der Waals surface area contributed by atoms with Crippen molar-refractivity contribution in [2.45, 2.75) is 10.7 Å². The van der Waals surface area contributed by atoms with Crippen LogP contribution in [0.25, 0.3) is 6.08 Å². The van der Waals surface area contributed by atoms with E-state index in [0.29, 0.717) is 34.4 Å². The topological polar surface area (TPSA) is 44.8 Å². The van der Waals surface area contributed by atoms with E-state index in [2.05, 4.69) is 0 Å². The zero-order valence-electron chi connectivity index (χ0n) is 14.5. The van der Waals surface area contributed by atoms with Gasteiger partial charge in [-0.15, -0.1) is 0 Å². The number of para-hydroxylation sites is 1. The Kier molecular flexibility index (Phi) is 7.03. The number of methoxy groups -OCH3 is 3. The van der Waals surface area contributed by atoms with Crippen LogP contribution in [0.4, 0.5) is 8.78 Å². The lowest BCUT2D eigenvalue weighted by Gasteiger charge is -2.10. The minimum absolute atomic E-state index is 0.230. The van der Waals surface area contributed by atoms with Crippen LogP contribution in [0.5, 0.6) is 17.2 Å². The molecule has 0 amide bonds. The predicted molar refractivity (Wildman–Crippen MR) is 97.8 cm³/mol. The molecular formula is C19H18F2O4S. The average Bonchev–Trinajstić information content (AvgIpc) is 2.65. The molecule has 0 N–H and O–H groups in total. The molecular weight excluding hydrogens is 362 g/mol. The van der Waals surface area contributed by atoms with Gasteiger partial charge in [-0.25, -0.2) is 0 Å². The number of ether oxygens (including phenoxy) is 3. The van der Waals surface area contributed by atoms with Crippen LogP contribution >= 0.6 is 11.8 Å². The number of thioether (sulfide) groups is 1. The van der Waals surface area contributed by atoms with Crippen molar-refractivity contribution in [1.29, 1.82) is 0 Å². The molecule has 2 aromatic rings. The van der Waals surface area contributed by atoms with Crippen LogP contribution in [-0.4, -0.2) is 32.9 Å². The third-order valence-corrected chi connectivity index (χ3v) is 4.28. The van der Waals surface area contributed by atoms with E-state index < -0.39 is 5.76 Å². The summed E-state index contributed by atoms with van der Waals surface area (Å²) in [5, 5.41) is 0. The summed E-state index contributed by atoms with van der Waals surface area (Å²) in [6.45, 7) is 0. The van der Waals surface area contributed by atoms with Crippen LogP contribution in [0.1, 0.15) is 15.9 Å². The fraction of sp³-hybridized carbons (Fsp3) is 0.211. The van der Waals surface area contributed by atoms with Crippen molar-refractivity contribution in [3.63, 3.8) is 0 Å². The minimum Gasteiger partial charge on any atom is -0.496 e. The highest BCUT2D eigenvalue weighted by Crippen LogP contribution is 2.34. The van der Waals surface area contributed by atoms with E-state index in [-0.39, 0.29) is 16.4 Å². The van der Waals surface area contributed by atoms with Crippen LogP contribution in [0.15, 0.2) is 47.4 Å². The second-order valence-corrected chi connectivity index (χ2v) is 6.06. The lowest BCUT2D eigenvalue weighted by atomic mass is 10.1. The Labute approximate surface area is 154 Å². The van der Waals surface area contributed by atoms with Crippen LogP contribution in [0.3, 0.4) is 0 Å². The second-order valence-electron chi connectivity index (χ2n) is 5.02. The van der Waals surface area contributed by atoms with E-state index in [1.807, 2.05) is 0 Å². The van der Waals surface area contributed by atoms with Gasteiger partial charge in [-0.2, -0.15) is 8.78 Å². The Morgan fingerprint density at radius 1 is 1.04 bits per heavy atom. The van der Waals surface area contributed by atoms with E-state index in [4.69, 9.17) is 14.2 Å². The van der Waals surface area contributed by atoms with Crippen molar-refractivity contribution in [2.24, 2.45) is 0 Å². The maximum Gasteiger partial charge on any atom is 0.289 e. The largest absolute Gasteiger partial charge is 0.496 e. The Morgan fingerprint density at radius 3 is 2.38 bits per heavy atom. The number of benzene rings is 2. The molecule has 0 saturated carbocycles. The fourth-order valence-electron chi connectivity index (χ4n) is 2.32. The number of halogens is 2. The smallest absolute Gasteiger partial charge is 0.289 e. The maximum atomic E-state index is 12.5. The van der Waals surface area contributed by atoms with Gasteiger partial charge < -0.3 is 14.2 Å². The lowest BCUT2D eigenvalue weighted by molar-refractivity contribution is 0.104. The Balaban J connectivity index is 2.26. The molecule has 0 aliphatic rings. The highest BCUT2D eigenvalue weighted by molar-refractivity contribution is 7.99. The Bertz CT molecular complexity index is 806. The van der Waals surface area contributed by atoms with E-state index in [0.717, 1.165) is 0 Å². The first-order valence-electron chi connectivity index (χ1n) is 7.56. The van der Waals surface area contributed by atoms with Crippen molar-refractivity contribution >= 4 is 23.6 Å². The fourth-order valence-corrected chi connectivity index (χ4v) is 2.92. The second kappa shape index (κ2) is 9.24. The molecule has 2 aromatic carbocycles. The Morgan fingerprint density at radius 2 is 1.77 bits per heavy atom. The molecule has 0 spiro atoms. The number of ketones is 1. The highest BCUT2D eigenvalue weighted by atomic mass is 32.2. The first-order valence-corrected chi connectivity index (χ1v) is 8.44. The number of carbonyl (C=O) groups is 1. The van der Waals surface area contributed by atoms with Crippen LogP contribution in [-0.2, 0) is 0 Å². The molecule has 0 aliphatic heterocycles. The molecule has 0 saturated heterocycles. The molecule has 0 aromatic heterocycles. The summed E-state index contributed by atoms with van der Waals surface area (Å²) in [7, 11) is 4.42. The lowest BCUT2D eigenvalue weighted by Crippen LogP contribution is -1.98. The first kappa shape index (κ1) is 19.8. The third-order valence-electron chi connectivity index (χ3n) is 3.51. The van der Waals surface area contributed by atoms with E-state index in [1.165, 1.54) is 45.6 Å². The number of carbonyl (C=O) groups excluding carboxylic acids is 1. The summed E-state index contributed by atoms with van der Waals surface area (Å²) in [6.07, 6.45) is 2.99. The molecule has 138 valence electrons. The van der Waals surface area contributed by atoms with Crippen molar-refractivity contribution in [2.75, 3.05) is 21.3 Å². The van der Waals surface area contributed by atoms with Crippen LogP contribution in [0.2, 0.25) is 0 Å². The van der Waals surface area contributed by atoms with E-state index >= 15 is 0 Å². The van der Waals surface area contributed by atoms with Crippen LogP contribution in [0, 0.1) is 0 Å². The molecule has 0 radical (unpaired) electrons. The van der Waals surface area contributed by atoms with Crippen molar-refractivity contribution in [3.8, 4) is 17.2 Å². The molecule has 0 fully saturated rings. The quantitative estimate of drug-likeness (QED) is 0.369. The standard InChI is InChI=1S/C19H18F2O4S/c1-23-15-6-4-5-12(18(15)25-3)7-9-14(22)13-8-10-17(26-19(20)21)16(11-13)24-2/h4-11,19H,1-3H3/b9-7+. The van der Waals surface area contributed by atoms with Gasteiger partial charge in [0, 0.05) is 11.1 Å². The van der Waals surface area contributed by atoms with Gasteiger partial charge in [-0.05, 0) is 36.4 Å². The molecule has 0 atom stereocenters. The van der Waals surface area contributed by atoms with Gasteiger partial charge in [0.05, 0.1) is 26.2 Å². The van der Waals surface area contributed by atoms with Crippen LogP contribution < -0.4 is 14.2 Å². The van der Waals surface area contributed by atoms with Crippen molar-refractivity contribution in [3.05, 3.63) is 53.6 Å². The summed E-state index contributed by atoms with van der Waals surface area (Å²) >= 11 is 0.371. The third kappa shape index (κ3) is 4.76. The van der Waals surface area contributed by atoms with Gasteiger partial charge in [-0.3, -0.25) is 4.79 Å². The van der Waals surface area contributed by atoms with Gasteiger partial charge >= 0.3 is 0 Å². The Hall–Kier alpha value is -2.54. The van der Waals surface area contributed by atoms with Gasteiger partial charge in [0.15, 0.2) is 17.3 Å². The number of alkyl halides is 2. The molecule has 0 aliphatic carbocycles. The predicted octanol–water partition coefficient (Wildman–Crippen LogP) is 4.92. The molecule has 7 heteroatoms. The first-order chi connectivity index (χ1) is 12.5. The van der Waals surface area contributed by atoms with E-state index in [1.54, 1.807) is 24.3 Å². The summed E-state index contributed by atoms with van der Waals surface area (Å²) < 4.78 is 40.7. The monoisotopic (exact) mass is 380 g/mol. The normalized spacial score (nSPS) is 11.0. The van der Waals surface area contributed by atoms with Gasteiger partial charge in [0.25, 0.3) is 5.76 Å². The summed E-state index contributed by atoms with van der Waals surface area (Å²) in [5.74, 6) is -1.56. The van der Waals surface area contributed by atoms with Crippen molar-refractivity contribution in [1.82, 2.24) is 0 Å². The van der Waals surface area contributed by atoms with E-state index in [9.17, 15) is 13.6 Å². The molecule has 0 unspecified atom stereocenters. The van der Waals surface area contributed by atoms with Gasteiger partial charge in [0.2, 0.25) is 0 Å². The number of rotatable bonds is 8. The van der Waals surface area contributed by atoms with Gasteiger partial charge in [0.1, 0.15) is 5.75 Å². The SMILES string of the molecule is COc1cc(C(=O)/C=C/c2cccc(OC)c2OC)ccc1SC(F)F. The molecule has 2 rings (SSSR count).